The molecule has 1 unspecified atom stereocenters. The summed E-state index contributed by atoms with van der Waals surface area (Å²) < 4.78 is 0.242. The molecule has 0 fully saturated rings. The van der Waals surface area contributed by atoms with Crippen molar-refractivity contribution >= 4 is 25.3 Å². The van der Waals surface area contributed by atoms with Crippen LogP contribution in [0.5, 0.6) is 0 Å². The second-order valence-electron chi connectivity index (χ2n) is 3.68. The van der Waals surface area contributed by atoms with E-state index in [1.165, 1.54) is 18.4 Å². The molecule has 0 rings (SSSR count). The summed E-state index contributed by atoms with van der Waals surface area (Å²) in [6.07, 6.45) is 5.84. The number of rotatable bonds is 5. The Morgan fingerprint density at radius 1 is 1.33 bits per heavy atom. The van der Waals surface area contributed by atoms with Crippen LogP contribution in [0.4, 0.5) is 0 Å². The highest BCUT2D eigenvalue weighted by molar-refractivity contribution is 7.99. The molecule has 2 heteroatoms. The fourth-order valence-electron chi connectivity index (χ4n) is 1.13. The van der Waals surface area contributed by atoms with E-state index < -0.39 is 0 Å². The van der Waals surface area contributed by atoms with Crippen LogP contribution in [0.2, 0.25) is 0 Å². The van der Waals surface area contributed by atoms with E-state index in [1.807, 2.05) is 0 Å². The van der Waals surface area contributed by atoms with Gasteiger partial charge < -0.3 is 0 Å². The van der Waals surface area contributed by atoms with Gasteiger partial charge in [-0.15, -0.1) is 0 Å². The predicted molar refractivity (Wildman–Crippen MR) is 64.2 cm³/mol. The van der Waals surface area contributed by atoms with Crippen LogP contribution in [-0.2, 0) is 0 Å². The standard InChI is InChI=1S/C10H20S2/c1-8(2)5-4-6-9(3)7-10(11)12/h5,9-12H,4,6-7H2,1-3H3. The van der Waals surface area contributed by atoms with Crippen molar-refractivity contribution in [2.75, 3.05) is 0 Å². The van der Waals surface area contributed by atoms with Crippen LogP contribution < -0.4 is 0 Å². The summed E-state index contributed by atoms with van der Waals surface area (Å²) in [4.78, 5) is 0. The molecule has 0 heterocycles. The number of thiol groups is 2. The first-order chi connectivity index (χ1) is 5.52. The summed E-state index contributed by atoms with van der Waals surface area (Å²) in [6.45, 7) is 6.55. The molecule has 0 bridgehead atoms. The minimum absolute atomic E-state index is 0.242. The monoisotopic (exact) mass is 204 g/mol. The van der Waals surface area contributed by atoms with E-state index in [-0.39, 0.29) is 4.58 Å². The maximum atomic E-state index is 4.25. The number of allylic oxidation sites excluding steroid dienone is 2. The second-order valence-corrected chi connectivity index (χ2v) is 5.33. The Morgan fingerprint density at radius 2 is 1.92 bits per heavy atom. The molecule has 0 saturated heterocycles. The number of hydrogen-bond acceptors (Lipinski definition) is 2. The van der Waals surface area contributed by atoms with Gasteiger partial charge in [-0.25, -0.2) is 0 Å². The van der Waals surface area contributed by atoms with E-state index in [2.05, 4.69) is 52.1 Å². The van der Waals surface area contributed by atoms with Gasteiger partial charge in [0, 0.05) is 4.58 Å². The molecule has 1 atom stereocenters. The quantitative estimate of drug-likeness (QED) is 0.378. The molecule has 0 spiro atoms. The van der Waals surface area contributed by atoms with E-state index in [4.69, 9.17) is 0 Å². The molecular weight excluding hydrogens is 184 g/mol. The van der Waals surface area contributed by atoms with Crippen LogP contribution >= 0.6 is 25.3 Å². The van der Waals surface area contributed by atoms with Gasteiger partial charge in [-0.05, 0) is 39.0 Å². The van der Waals surface area contributed by atoms with E-state index in [0.29, 0.717) is 0 Å². The minimum Gasteiger partial charge on any atom is -0.165 e. The Kier molecular flexibility index (Phi) is 7.16. The predicted octanol–water partition coefficient (Wildman–Crippen LogP) is 3.94. The molecule has 0 aliphatic heterocycles. The summed E-state index contributed by atoms with van der Waals surface area (Å²) in [5.41, 5.74) is 1.41. The highest BCUT2D eigenvalue weighted by Gasteiger charge is 2.04. The highest BCUT2D eigenvalue weighted by atomic mass is 32.2. The molecule has 72 valence electrons. The zero-order valence-corrected chi connectivity index (χ0v) is 10.0. The fraction of sp³-hybridized carbons (Fsp3) is 0.800. The molecule has 0 aliphatic carbocycles. The van der Waals surface area contributed by atoms with Crippen molar-refractivity contribution in [3.05, 3.63) is 11.6 Å². The SMILES string of the molecule is CC(C)=CCCC(C)CC(S)S. The zero-order chi connectivity index (χ0) is 9.56. The lowest BCUT2D eigenvalue weighted by Crippen LogP contribution is -1.99. The van der Waals surface area contributed by atoms with Crippen LogP contribution in [0.3, 0.4) is 0 Å². The average molecular weight is 204 g/mol. The van der Waals surface area contributed by atoms with Crippen molar-refractivity contribution in [1.29, 1.82) is 0 Å². The van der Waals surface area contributed by atoms with Crippen molar-refractivity contribution in [2.24, 2.45) is 5.92 Å². The van der Waals surface area contributed by atoms with Crippen LogP contribution in [0, 0.1) is 5.92 Å². The molecule has 0 N–H and O–H groups in total. The molecule has 0 saturated carbocycles. The lowest BCUT2D eigenvalue weighted by molar-refractivity contribution is 0.518. The maximum Gasteiger partial charge on any atom is 0.0444 e. The van der Waals surface area contributed by atoms with Crippen molar-refractivity contribution < 1.29 is 0 Å². The summed E-state index contributed by atoms with van der Waals surface area (Å²) in [5.74, 6) is 0.737. The molecule has 0 aliphatic rings. The Balaban J connectivity index is 3.44. The molecule has 0 amide bonds. The average Bonchev–Trinajstić information content (AvgIpc) is 1.84. The topological polar surface area (TPSA) is 0 Å². The number of hydrogen-bond donors (Lipinski definition) is 2. The van der Waals surface area contributed by atoms with E-state index in [9.17, 15) is 0 Å². The van der Waals surface area contributed by atoms with Crippen molar-refractivity contribution in [3.8, 4) is 0 Å². The second kappa shape index (κ2) is 6.90. The van der Waals surface area contributed by atoms with Crippen molar-refractivity contribution in [3.63, 3.8) is 0 Å². The van der Waals surface area contributed by atoms with Crippen molar-refractivity contribution in [1.82, 2.24) is 0 Å². The van der Waals surface area contributed by atoms with Gasteiger partial charge >= 0.3 is 0 Å². The first kappa shape index (κ1) is 12.4. The molecule has 0 aromatic heterocycles. The van der Waals surface area contributed by atoms with E-state index >= 15 is 0 Å². The lowest BCUT2D eigenvalue weighted by atomic mass is 10.0. The van der Waals surface area contributed by atoms with Gasteiger partial charge in [0.2, 0.25) is 0 Å². The van der Waals surface area contributed by atoms with Gasteiger partial charge in [0.1, 0.15) is 0 Å². The molecule has 12 heavy (non-hydrogen) atoms. The molecular formula is C10H20S2. The largest absolute Gasteiger partial charge is 0.165 e. The van der Waals surface area contributed by atoms with E-state index in [0.717, 1.165) is 12.3 Å². The van der Waals surface area contributed by atoms with Gasteiger partial charge in [0.25, 0.3) is 0 Å². The van der Waals surface area contributed by atoms with Crippen molar-refractivity contribution in [2.45, 2.75) is 44.6 Å². The normalized spacial score (nSPS) is 13.2. The third-order valence-electron chi connectivity index (χ3n) is 1.83. The van der Waals surface area contributed by atoms with Crippen LogP contribution in [0.25, 0.3) is 0 Å². The van der Waals surface area contributed by atoms with Gasteiger partial charge in [-0.2, -0.15) is 25.3 Å². The summed E-state index contributed by atoms with van der Waals surface area (Å²) in [5, 5.41) is 0. The van der Waals surface area contributed by atoms with Crippen LogP contribution in [-0.4, -0.2) is 4.58 Å². The molecule has 0 nitrogen and oxygen atoms in total. The Morgan fingerprint density at radius 3 is 2.33 bits per heavy atom. The summed E-state index contributed by atoms with van der Waals surface area (Å²) in [6, 6.07) is 0. The summed E-state index contributed by atoms with van der Waals surface area (Å²) in [7, 11) is 0. The Hall–Kier alpha value is 0.440. The molecule has 0 aromatic rings. The molecule has 0 radical (unpaired) electrons. The van der Waals surface area contributed by atoms with Gasteiger partial charge in [0.05, 0.1) is 0 Å². The fourth-order valence-corrected chi connectivity index (χ4v) is 1.85. The Bertz CT molecular complexity index is 135. The smallest absolute Gasteiger partial charge is 0.0444 e. The van der Waals surface area contributed by atoms with Crippen LogP contribution in [0.1, 0.15) is 40.0 Å². The lowest BCUT2D eigenvalue weighted by Gasteiger charge is -2.11. The van der Waals surface area contributed by atoms with Gasteiger partial charge in [-0.1, -0.05) is 18.6 Å². The first-order valence-corrected chi connectivity index (χ1v) is 5.55. The zero-order valence-electron chi connectivity index (χ0n) is 8.25. The third-order valence-corrected chi connectivity index (χ3v) is 2.25. The maximum absolute atomic E-state index is 4.25. The molecule has 0 aromatic carbocycles. The minimum atomic E-state index is 0.242. The van der Waals surface area contributed by atoms with E-state index in [1.54, 1.807) is 0 Å². The highest BCUT2D eigenvalue weighted by Crippen LogP contribution is 2.18. The van der Waals surface area contributed by atoms with Crippen LogP contribution in [0.15, 0.2) is 11.6 Å². The summed E-state index contributed by atoms with van der Waals surface area (Å²) >= 11 is 8.50. The first-order valence-electron chi connectivity index (χ1n) is 4.52. The van der Waals surface area contributed by atoms with Gasteiger partial charge in [-0.3, -0.25) is 0 Å². The third kappa shape index (κ3) is 8.54. The Labute approximate surface area is 87.6 Å². The van der Waals surface area contributed by atoms with Gasteiger partial charge in [0.15, 0.2) is 0 Å².